The van der Waals surface area contributed by atoms with Crippen LogP contribution in [0.25, 0.3) is 0 Å². The summed E-state index contributed by atoms with van der Waals surface area (Å²) in [6.45, 7) is 12.3. The van der Waals surface area contributed by atoms with Crippen molar-refractivity contribution >= 4 is 17.7 Å². The predicted molar refractivity (Wildman–Crippen MR) is 74.5 cm³/mol. The van der Waals surface area contributed by atoms with Crippen LogP contribution in [0.2, 0.25) is 0 Å². The van der Waals surface area contributed by atoms with Crippen molar-refractivity contribution in [2.75, 3.05) is 6.54 Å². The molecule has 0 aromatic rings. The lowest BCUT2D eigenvalue weighted by Gasteiger charge is -2.05. The molecule has 1 fully saturated rings. The van der Waals surface area contributed by atoms with Crippen LogP contribution >= 0.6 is 0 Å². The Bertz CT molecular complexity index is 363. The molecule has 3 amide bonds. The first kappa shape index (κ1) is 19.0. The monoisotopic (exact) mass is 267 g/mol. The maximum absolute atomic E-state index is 10.7. The molecule has 0 spiro atoms. The number of nitrogens with zero attached hydrogens (tertiary/aromatic N) is 1. The van der Waals surface area contributed by atoms with Crippen molar-refractivity contribution in [2.45, 2.75) is 19.8 Å². The summed E-state index contributed by atoms with van der Waals surface area (Å²) in [7, 11) is 0. The summed E-state index contributed by atoms with van der Waals surface area (Å²) in [6, 6.07) is 0. The summed E-state index contributed by atoms with van der Waals surface area (Å²) in [4.78, 5) is 31.6. The van der Waals surface area contributed by atoms with Gasteiger partial charge in [0.1, 0.15) is 0 Å². The van der Waals surface area contributed by atoms with E-state index in [0.717, 1.165) is 19.0 Å². The van der Waals surface area contributed by atoms with Gasteiger partial charge in [-0.2, -0.15) is 0 Å². The third kappa shape index (κ3) is 11.9. The van der Waals surface area contributed by atoms with E-state index in [1.165, 1.54) is 0 Å². The first-order valence-corrected chi connectivity index (χ1v) is 5.55. The first-order valence-electron chi connectivity index (χ1n) is 5.55. The second kappa shape index (κ2) is 10.8. The van der Waals surface area contributed by atoms with Crippen molar-refractivity contribution in [2.24, 2.45) is 11.5 Å². The normalized spacial score (nSPS) is 12.3. The zero-order valence-electron chi connectivity index (χ0n) is 11.2. The Kier molecular flexibility index (Phi) is 10.8. The highest BCUT2D eigenvalue weighted by atomic mass is 16.2. The van der Waals surface area contributed by atoms with Gasteiger partial charge in [0, 0.05) is 18.5 Å². The van der Waals surface area contributed by atoms with Crippen LogP contribution in [0.15, 0.2) is 37.6 Å². The number of nitrogens with two attached hydrogens (primary N) is 2. The molecule has 6 heteroatoms. The fourth-order valence-corrected chi connectivity index (χ4v) is 0.862. The maximum atomic E-state index is 10.7. The van der Waals surface area contributed by atoms with E-state index in [2.05, 4.69) is 25.5 Å². The molecular weight excluding hydrogens is 246 g/mol. The Morgan fingerprint density at radius 3 is 1.84 bits per heavy atom. The van der Waals surface area contributed by atoms with Crippen LogP contribution in [0.4, 0.5) is 0 Å². The predicted octanol–water partition coefficient (Wildman–Crippen LogP) is 0.458. The molecule has 0 aromatic carbocycles. The summed E-state index contributed by atoms with van der Waals surface area (Å²) in [5.41, 5.74) is 9.63. The van der Waals surface area contributed by atoms with Crippen molar-refractivity contribution in [1.29, 1.82) is 0 Å². The average molecular weight is 267 g/mol. The Hall–Kier alpha value is -2.37. The SMILES string of the molecule is C=C(C)C(N)=O.C=CC(N)=O.C=CN1CCCC1=O. The van der Waals surface area contributed by atoms with Gasteiger partial charge < -0.3 is 16.4 Å². The molecule has 1 aliphatic rings. The Labute approximate surface area is 113 Å². The molecule has 0 bridgehead atoms. The van der Waals surface area contributed by atoms with Gasteiger partial charge in [-0.25, -0.2) is 0 Å². The highest BCUT2D eigenvalue weighted by Gasteiger charge is 2.15. The van der Waals surface area contributed by atoms with Gasteiger partial charge in [0.15, 0.2) is 0 Å². The molecule has 0 aliphatic carbocycles. The molecule has 0 atom stereocenters. The number of hydrogen-bond acceptors (Lipinski definition) is 3. The van der Waals surface area contributed by atoms with Gasteiger partial charge in [0.05, 0.1) is 0 Å². The van der Waals surface area contributed by atoms with Crippen molar-refractivity contribution < 1.29 is 14.4 Å². The zero-order chi connectivity index (χ0) is 15.4. The van der Waals surface area contributed by atoms with Crippen LogP contribution in [0.1, 0.15) is 19.8 Å². The number of carbonyl (C=O) groups is 3. The minimum atomic E-state index is -0.481. The van der Waals surface area contributed by atoms with Gasteiger partial charge in [-0.3, -0.25) is 14.4 Å². The van der Waals surface area contributed by atoms with Gasteiger partial charge >= 0.3 is 0 Å². The molecule has 0 unspecified atom stereocenters. The Morgan fingerprint density at radius 1 is 1.32 bits per heavy atom. The molecule has 0 saturated carbocycles. The topological polar surface area (TPSA) is 106 Å². The molecule has 6 nitrogen and oxygen atoms in total. The van der Waals surface area contributed by atoms with E-state index in [1.54, 1.807) is 18.0 Å². The zero-order valence-corrected chi connectivity index (χ0v) is 11.2. The minimum absolute atomic E-state index is 0.208. The highest BCUT2D eigenvalue weighted by Crippen LogP contribution is 2.08. The average Bonchev–Trinajstić information content (AvgIpc) is 2.76. The molecule has 4 N–H and O–H groups in total. The van der Waals surface area contributed by atoms with E-state index >= 15 is 0 Å². The first-order chi connectivity index (χ1) is 8.76. The summed E-state index contributed by atoms with van der Waals surface area (Å²) in [5.74, 6) is -0.708. The molecule has 106 valence electrons. The number of carbonyl (C=O) groups excluding carboxylic acids is 3. The third-order valence-corrected chi connectivity index (χ3v) is 1.95. The lowest BCUT2D eigenvalue weighted by molar-refractivity contribution is -0.125. The van der Waals surface area contributed by atoms with Gasteiger partial charge in [-0.15, -0.1) is 0 Å². The number of hydrogen-bond donors (Lipinski definition) is 2. The largest absolute Gasteiger partial charge is 0.366 e. The number of likely N-dealkylation sites (tertiary alicyclic amines) is 1. The van der Waals surface area contributed by atoms with Crippen LogP contribution in [0.5, 0.6) is 0 Å². The molecule has 0 radical (unpaired) electrons. The van der Waals surface area contributed by atoms with Gasteiger partial charge in [-0.05, 0) is 25.6 Å². The van der Waals surface area contributed by atoms with Crippen molar-refractivity contribution in [1.82, 2.24) is 4.90 Å². The highest BCUT2D eigenvalue weighted by molar-refractivity contribution is 5.90. The molecule has 1 aliphatic heterocycles. The third-order valence-electron chi connectivity index (χ3n) is 1.95. The minimum Gasteiger partial charge on any atom is -0.366 e. The second-order valence-corrected chi connectivity index (χ2v) is 3.62. The van der Waals surface area contributed by atoms with Crippen molar-refractivity contribution in [3.05, 3.63) is 37.6 Å². The summed E-state index contributed by atoms with van der Waals surface area (Å²) < 4.78 is 0. The van der Waals surface area contributed by atoms with Gasteiger partial charge in [0.2, 0.25) is 17.7 Å². The Morgan fingerprint density at radius 2 is 1.74 bits per heavy atom. The number of primary amides is 2. The summed E-state index contributed by atoms with van der Waals surface area (Å²) >= 11 is 0. The van der Waals surface area contributed by atoms with E-state index in [0.29, 0.717) is 12.0 Å². The molecule has 1 heterocycles. The maximum Gasteiger partial charge on any atom is 0.243 e. The van der Waals surface area contributed by atoms with Crippen LogP contribution in [-0.2, 0) is 14.4 Å². The van der Waals surface area contributed by atoms with E-state index in [9.17, 15) is 14.4 Å². The fourth-order valence-electron chi connectivity index (χ4n) is 0.862. The quantitative estimate of drug-likeness (QED) is 0.725. The lowest BCUT2D eigenvalue weighted by Crippen LogP contribution is -2.16. The Balaban J connectivity index is 0. The van der Waals surface area contributed by atoms with Gasteiger partial charge in [-0.1, -0.05) is 19.7 Å². The van der Waals surface area contributed by atoms with Crippen LogP contribution < -0.4 is 11.5 Å². The van der Waals surface area contributed by atoms with E-state index in [4.69, 9.17) is 5.73 Å². The van der Waals surface area contributed by atoms with E-state index < -0.39 is 11.8 Å². The molecule has 0 aromatic heterocycles. The fraction of sp³-hybridized carbons (Fsp3) is 0.308. The second-order valence-electron chi connectivity index (χ2n) is 3.62. The smallest absolute Gasteiger partial charge is 0.243 e. The van der Waals surface area contributed by atoms with Crippen LogP contribution in [-0.4, -0.2) is 29.2 Å². The number of amides is 3. The molecule has 19 heavy (non-hydrogen) atoms. The summed E-state index contributed by atoms with van der Waals surface area (Å²) in [5, 5.41) is 0. The standard InChI is InChI=1S/C6H9NO.C4H7NO.C3H5NO/c1-2-7-5-3-4-6(7)8;1-3(2)4(5)6;1-2-3(4)5/h2H,1,3-5H2;1H2,2H3,(H2,5,6);2H,1H2,(H2,4,5). The summed E-state index contributed by atoms with van der Waals surface area (Å²) in [6.07, 6.45) is 4.34. The molecular formula is C13H21N3O3. The van der Waals surface area contributed by atoms with Crippen molar-refractivity contribution in [3.63, 3.8) is 0 Å². The number of rotatable bonds is 3. The van der Waals surface area contributed by atoms with E-state index in [1.807, 2.05) is 0 Å². The van der Waals surface area contributed by atoms with E-state index in [-0.39, 0.29) is 5.91 Å². The van der Waals surface area contributed by atoms with Crippen LogP contribution in [0.3, 0.4) is 0 Å². The molecule has 1 saturated heterocycles. The lowest BCUT2D eigenvalue weighted by atomic mass is 10.3. The van der Waals surface area contributed by atoms with Gasteiger partial charge in [0.25, 0.3) is 0 Å². The van der Waals surface area contributed by atoms with Crippen molar-refractivity contribution in [3.8, 4) is 0 Å². The van der Waals surface area contributed by atoms with Crippen LogP contribution in [0, 0.1) is 0 Å². The molecule has 1 rings (SSSR count).